The minimum Gasteiger partial charge on any atom is -0.359 e. The number of rotatable bonds is 2. The van der Waals surface area contributed by atoms with Gasteiger partial charge in [-0.3, -0.25) is 4.79 Å². The quantitative estimate of drug-likeness (QED) is 0.897. The number of nitrogens with zero attached hydrogens (tertiary/aromatic N) is 3. The predicted octanol–water partition coefficient (Wildman–Crippen LogP) is 1.71. The maximum absolute atomic E-state index is 11.9. The van der Waals surface area contributed by atoms with Crippen molar-refractivity contribution in [1.82, 2.24) is 15.3 Å². The van der Waals surface area contributed by atoms with Crippen LogP contribution < -0.4 is 10.2 Å². The fraction of sp³-hybridized carbons (Fsp3) is 0.615. The van der Waals surface area contributed by atoms with Crippen molar-refractivity contribution in [2.75, 3.05) is 25.0 Å². The Morgan fingerprint density at radius 2 is 2.00 bits per heavy atom. The molecule has 1 amide bonds. The highest BCUT2D eigenvalue weighted by Crippen LogP contribution is 2.35. The lowest BCUT2D eigenvalue weighted by molar-refractivity contribution is -0.128. The summed E-state index contributed by atoms with van der Waals surface area (Å²) in [4.78, 5) is 22.7. The van der Waals surface area contributed by atoms with Crippen LogP contribution in [0, 0.1) is 19.3 Å². The third-order valence-electron chi connectivity index (χ3n) is 3.80. The summed E-state index contributed by atoms with van der Waals surface area (Å²) in [6.45, 7) is 7.14. The van der Waals surface area contributed by atoms with E-state index < -0.39 is 5.41 Å². The second-order valence-electron chi connectivity index (χ2n) is 5.32. The third-order valence-corrected chi connectivity index (χ3v) is 4.05. The molecule has 6 heteroatoms. The van der Waals surface area contributed by atoms with E-state index in [0.29, 0.717) is 17.5 Å². The minimum atomic E-state index is -0.390. The van der Waals surface area contributed by atoms with Gasteiger partial charge in [-0.05, 0) is 27.2 Å². The SMILES string of the molecule is CNC(=O)C1(C)CCN(c2nc(C)c(C)nc2Cl)C1. The zero-order valence-corrected chi connectivity index (χ0v) is 12.5. The average Bonchev–Trinajstić information content (AvgIpc) is 2.76. The van der Waals surface area contributed by atoms with Crippen molar-refractivity contribution in [2.24, 2.45) is 5.41 Å². The van der Waals surface area contributed by atoms with Crippen LogP contribution in [0.2, 0.25) is 5.15 Å². The first-order valence-corrected chi connectivity index (χ1v) is 6.73. The highest BCUT2D eigenvalue weighted by molar-refractivity contribution is 6.31. The van der Waals surface area contributed by atoms with E-state index in [0.717, 1.165) is 24.4 Å². The molecule has 0 aromatic carbocycles. The second kappa shape index (κ2) is 4.96. The molecule has 1 aliphatic rings. The molecule has 2 rings (SSSR count). The van der Waals surface area contributed by atoms with Gasteiger partial charge in [0.2, 0.25) is 5.91 Å². The summed E-state index contributed by atoms with van der Waals surface area (Å²) < 4.78 is 0. The summed E-state index contributed by atoms with van der Waals surface area (Å²) in [5, 5.41) is 3.13. The van der Waals surface area contributed by atoms with E-state index in [2.05, 4.69) is 15.3 Å². The van der Waals surface area contributed by atoms with Crippen molar-refractivity contribution in [2.45, 2.75) is 27.2 Å². The lowest BCUT2D eigenvalue weighted by Gasteiger charge is -2.23. The van der Waals surface area contributed by atoms with E-state index in [-0.39, 0.29) is 5.91 Å². The van der Waals surface area contributed by atoms with Gasteiger partial charge < -0.3 is 10.2 Å². The fourth-order valence-corrected chi connectivity index (χ4v) is 2.68. The summed E-state index contributed by atoms with van der Waals surface area (Å²) in [6, 6.07) is 0. The van der Waals surface area contributed by atoms with Crippen LogP contribution in [0.15, 0.2) is 0 Å². The largest absolute Gasteiger partial charge is 0.359 e. The average molecular weight is 283 g/mol. The molecule has 0 aliphatic carbocycles. The molecular weight excluding hydrogens is 264 g/mol. The highest BCUT2D eigenvalue weighted by Gasteiger charge is 2.40. The smallest absolute Gasteiger partial charge is 0.227 e. The van der Waals surface area contributed by atoms with Crippen LogP contribution >= 0.6 is 11.6 Å². The molecule has 2 heterocycles. The first kappa shape index (κ1) is 14.1. The molecule has 0 radical (unpaired) electrons. The predicted molar refractivity (Wildman–Crippen MR) is 75.5 cm³/mol. The maximum atomic E-state index is 11.9. The van der Waals surface area contributed by atoms with Crippen LogP contribution in [0.4, 0.5) is 5.82 Å². The number of carbonyl (C=O) groups excluding carboxylic acids is 1. The van der Waals surface area contributed by atoms with Crippen LogP contribution in [0.5, 0.6) is 0 Å². The zero-order chi connectivity index (χ0) is 14.2. The van der Waals surface area contributed by atoms with Gasteiger partial charge in [-0.25, -0.2) is 9.97 Å². The van der Waals surface area contributed by atoms with E-state index in [1.165, 1.54) is 0 Å². The molecule has 1 N–H and O–H groups in total. The summed E-state index contributed by atoms with van der Waals surface area (Å²) in [6.07, 6.45) is 0.789. The first-order chi connectivity index (χ1) is 8.87. The first-order valence-electron chi connectivity index (χ1n) is 6.35. The Morgan fingerprint density at radius 3 is 2.63 bits per heavy atom. The van der Waals surface area contributed by atoms with E-state index in [9.17, 15) is 4.79 Å². The molecule has 1 fully saturated rings. The topological polar surface area (TPSA) is 58.1 Å². The lowest BCUT2D eigenvalue weighted by atomic mass is 9.89. The van der Waals surface area contributed by atoms with Crippen LogP contribution in [0.1, 0.15) is 24.7 Å². The molecule has 104 valence electrons. The van der Waals surface area contributed by atoms with E-state index in [1.807, 2.05) is 25.7 Å². The standard InChI is InChI=1S/C13H19ClN4O/c1-8-9(2)17-11(10(14)16-8)18-6-5-13(3,7-18)12(19)15-4/h5-7H2,1-4H3,(H,15,19). The highest BCUT2D eigenvalue weighted by atomic mass is 35.5. The third kappa shape index (κ3) is 2.52. The number of carbonyl (C=O) groups is 1. The van der Waals surface area contributed by atoms with Gasteiger partial charge in [0, 0.05) is 20.1 Å². The van der Waals surface area contributed by atoms with Gasteiger partial charge in [0.05, 0.1) is 16.8 Å². The van der Waals surface area contributed by atoms with Crippen molar-refractivity contribution in [3.8, 4) is 0 Å². The minimum absolute atomic E-state index is 0.0583. The summed E-state index contributed by atoms with van der Waals surface area (Å²) in [5.74, 6) is 0.736. The van der Waals surface area contributed by atoms with Gasteiger partial charge in [0.15, 0.2) is 11.0 Å². The van der Waals surface area contributed by atoms with Gasteiger partial charge in [-0.2, -0.15) is 0 Å². The number of hydrogen-bond donors (Lipinski definition) is 1. The molecule has 5 nitrogen and oxygen atoms in total. The fourth-order valence-electron chi connectivity index (χ4n) is 2.39. The Labute approximate surface area is 118 Å². The van der Waals surface area contributed by atoms with Gasteiger partial charge in [0.1, 0.15) is 0 Å². The number of halogens is 1. The van der Waals surface area contributed by atoms with Gasteiger partial charge in [0.25, 0.3) is 0 Å². The molecule has 0 saturated carbocycles. The van der Waals surface area contributed by atoms with Crippen LogP contribution in [-0.2, 0) is 4.79 Å². The van der Waals surface area contributed by atoms with Crippen LogP contribution in [0.25, 0.3) is 0 Å². The van der Waals surface area contributed by atoms with Crippen molar-refractivity contribution >= 4 is 23.3 Å². The molecule has 1 aliphatic heterocycles. The van der Waals surface area contributed by atoms with Gasteiger partial charge >= 0.3 is 0 Å². The van der Waals surface area contributed by atoms with E-state index >= 15 is 0 Å². The molecule has 1 aromatic rings. The molecular formula is C13H19ClN4O. The number of aromatic nitrogens is 2. The number of anilines is 1. The molecule has 1 atom stereocenters. The number of aryl methyl sites for hydroxylation is 2. The molecule has 0 bridgehead atoms. The summed E-state index contributed by atoms with van der Waals surface area (Å²) >= 11 is 6.17. The van der Waals surface area contributed by atoms with Crippen molar-refractivity contribution < 1.29 is 4.79 Å². The Morgan fingerprint density at radius 1 is 1.37 bits per heavy atom. The Balaban J connectivity index is 2.26. The summed E-state index contributed by atoms with van der Waals surface area (Å²) in [7, 11) is 1.67. The summed E-state index contributed by atoms with van der Waals surface area (Å²) in [5.41, 5.74) is 1.31. The number of hydrogen-bond acceptors (Lipinski definition) is 4. The zero-order valence-electron chi connectivity index (χ0n) is 11.7. The Kier molecular flexibility index (Phi) is 3.67. The van der Waals surface area contributed by atoms with E-state index in [1.54, 1.807) is 7.05 Å². The molecule has 0 spiro atoms. The molecule has 19 heavy (non-hydrogen) atoms. The van der Waals surface area contributed by atoms with Gasteiger partial charge in [-0.1, -0.05) is 11.6 Å². The van der Waals surface area contributed by atoms with Crippen molar-refractivity contribution in [1.29, 1.82) is 0 Å². The van der Waals surface area contributed by atoms with Crippen LogP contribution in [-0.4, -0.2) is 36.0 Å². The van der Waals surface area contributed by atoms with E-state index in [4.69, 9.17) is 11.6 Å². The molecule has 1 unspecified atom stereocenters. The Hall–Kier alpha value is -1.36. The lowest BCUT2D eigenvalue weighted by Crippen LogP contribution is -2.39. The van der Waals surface area contributed by atoms with Crippen LogP contribution in [0.3, 0.4) is 0 Å². The van der Waals surface area contributed by atoms with Gasteiger partial charge in [-0.15, -0.1) is 0 Å². The number of amides is 1. The molecule has 1 saturated heterocycles. The number of nitrogens with one attached hydrogen (secondary N) is 1. The Bertz CT molecular complexity index is 520. The normalized spacial score (nSPS) is 22.7. The second-order valence-corrected chi connectivity index (χ2v) is 5.68. The van der Waals surface area contributed by atoms with Crippen molar-refractivity contribution in [3.63, 3.8) is 0 Å². The van der Waals surface area contributed by atoms with Crippen molar-refractivity contribution in [3.05, 3.63) is 16.5 Å². The monoisotopic (exact) mass is 282 g/mol. The maximum Gasteiger partial charge on any atom is 0.227 e. The molecule has 1 aromatic heterocycles.